The Morgan fingerprint density at radius 2 is 1.83 bits per heavy atom. The van der Waals surface area contributed by atoms with Crippen molar-refractivity contribution in [1.82, 2.24) is 20.3 Å². The Kier molecular flexibility index (Phi) is 10.2. The van der Waals surface area contributed by atoms with Crippen LogP contribution in [0.3, 0.4) is 0 Å². The third kappa shape index (κ3) is 8.52. The van der Waals surface area contributed by atoms with Crippen molar-refractivity contribution in [2.24, 2.45) is 5.92 Å². The molecule has 3 N–H and O–H groups in total. The number of nitrogens with one attached hydrogen (secondary N) is 3. The first-order valence-electron chi connectivity index (χ1n) is 16.4. The number of fused-ring (bicyclic) bond motifs is 2. The van der Waals surface area contributed by atoms with Gasteiger partial charge >= 0.3 is 12.1 Å². The average Bonchev–Trinajstić information content (AvgIpc) is 3.91. The smallest absolute Gasteiger partial charge is 0.408 e. The maximum atomic E-state index is 14.1. The summed E-state index contributed by atoms with van der Waals surface area (Å²) in [6.45, 7) is 4.83. The Labute approximate surface area is 279 Å². The molecule has 2 heterocycles. The normalized spacial score (nSPS) is 28.8. The number of benzene rings is 1. The van der Waals surface area contributed by atoms with E-state index in [1.807, 2.05) is 6.08 Å². The molecule has 48 heavy (non-hydrogen) atoms. The molecule has 3 fully saturated rings. The lowest BCUT2D eigenvalue weighted by Crippen LogP contribution is -2.58. The molecule has 15 heteroatoms. The average molecular weight is 691 g/mol. The topological polar surface area (TPSA) is 177 Å². The second kappa shape index (κ2) is 13.8. The number of carbonyl (C=O) groups excluding carboxylic acids is 5. The van der Waals surface area contributed by atoms with Gasteiger partial charge in [-0.15, -0.1) is 0 Å². The van der Waals surface area contributed by atoms with E-state index >= 15 is 0 Å². The summed E-state index contributed by atoms with van der Waals surface area (Å²) >= 11 is 0. The molecule has 4 aliphatic rings. The number of esters is 1. The summed E-state index contributed by atoms with van der Waals surface area (Å²) in [7, 11) is -3.92. The first-order chi connectivity index (χ1) is 22.6. The molecule has 13 nitrogen and oxygen atoms in total. The predicted octanol–water partition coefficient (Wildman–Crippen LogP) is 2.85. The van der Waals surface area contributed by atoms with E-state index in [1.165, 1.54) is 23.1 Å². The van der Waals surface area contributed by atoms with Gasteiger partial charge in [-0.2, -0.15) is 0 Å². The van der Waals surface area contributed by atoms with Crippen molar-refractivity contribution < 1.29 is 46.3 Å². The molecule has 1 aromatic rings. The minimum absolute atomic E-state index is 0.0557. The van der Waals surface area contributed by atoms with E-state index in [2.05, 4.69) is 15.4 Å². The Hall–Kier alpha value is -4.01. The number of ether oxygens (including phenoxy) is 2. The number of allylic oxidation sites excluding steroid dienone is 1. The number of hydrogen-bond acceptors (Lipinski definition) is 9. The van der Waals surface area contributed by atoms with Gasteiger partial charge in [-0.25, -0.2) is 22.4 Å². The zero-order chi connectivity index (χ0) is 34.9. The highest BCUT2D eigenvalue weighted by molar-refractivity contribution is 7.91. The maximum absolute atomic E-state index is 14.1. The fourth-order valence-corrected chi connectivity index (χ4v) is 7.50. The summed E-state index contributed by atoms with van der Waals surface area (Å²) in [6, 6.07) is 2.58. The summed E-state index contributed by atoms with van der Waals surface area (Å²) in [5.74, 6) is -4.18. The second-order valence-electron chi connectivity index (χ2n) is 14.0. The van der Waals surface area contributed by atoms with Crippen molar-refractivity contribution in [3.05, 3.63) is 47.8 Å². The van der Waals surface area contributed by atoms with E-state index in [-0.39, 0.29) is 31.4 Å². The highest BCUT2D eigenvalue weighted by Gasteiger charge is 2.62. The van der Waals surface area contributed by atoms with Gasteiger partial charge in [-0.3, -0.25) is 19.1 Å². The molecule has 5 atom stereocenters. The molecule has 0 bridgehead atoms. The fourth-order valence-electron chi connectivity index (χ4n) is 6.13. The van der Waals surface area contributed by atoms with E-state index in [9.17, 15) is 36.8 Å². The summed E-state index contributed by atoms with van der Waals surface area (Å²) in [5.41, 5.74) is -2.46. The number of hydrogen-bond donors (Lipinski definition) is 3. The highest BCUT2D eigenvalue weighted by atomic mass is 32.2. The Bertz CT molecular complexity index is 1590. The standard InChI is InChI=1S/C33H43FN4O9S/c1-32(2,3)47-31(43)35-25-13-8-6-4-5-7-11-21-18-33(21,30(42)37-48(44,45)24-14-15-24)36-27(39)26-17-23(19-38(26)28(25)40)46-29(41)20-10-9-12-22(34)16-20/h7,9-12,16,21,23-26H,4-6,8,13-15,17-19H2,1-3H3,(H,35,43)(H,36,39)(H,37,42)/b11-7-/t21-,23+,25-,26-,33+/m0/s1. The van der Waals surface area contributed by atoms with Gasteiger partial charge in [-0.1, -0.05) is 31.1 Å². The molecule has 1 saturated heterocycles. The van der Waals surface area contributed by atoms with Crippen LogP contribution in [0.5, 0.6) is 0 Å². The van der Waals surface area contributed by atoms with Crippen LogP contribution in [0.1, 0.15) is 88.9 Å². The number of rotatable bonds is 6. The van der Waals surface area contributed by atoms with Crippen LogP contribution in [0, 0.1) is 11.7 Å². The minimum atomic E-state index is -3.92. The Balaban J connectivity index is 1.43. The third-order valence-corrected chi connectivity index (χ3v) is 10.7. The number of carbonyl (C=O) groups is 5. The molecule has 2 saturated carbocycles. The van der Waals surface area contributed by atoms with Gasteiger partial charge in [0.05, 0.1) is 17.4 Å². The first-order valence-corrected chi connectivity index (χ1v) is 17.9. The van der Waals surface area contributed by atoms with E-state index in [4.69, 9.17) is 9.47 Å². The zero-order valence-corrected chi connectivity index (χ0v) is 28.1. The van der Waals surface area contributed by atoms with E-state index in [0.29, 0.717) is 32.1 Å². The quantitative estimate of drug-likeness (QED) is 0.299. The summed E-state index contributed by atoms with van der Waals surface area (Å²) in [4.78, 5) is 68.6. The fraction of sp³-hybridized carbons (Fsp3) is 0.606. The molecule has 0 unspecified atom stereocenters. The SMILES string of the molecule is CC(C)(C)OC(=O)N[C@H]1CCCCC/C=C\[C@H]2C[C@@]2(C(=O)NS(=O)(=O)C2CC2)NC(=O)[C@@H]2C[C@@H](OC(=O)c3cccc(F)c3)CN2C1=O. The number of nitrogens with zero attached hydrogens (tertiary/aromatic N) is 1. The molecule has 262 valence electrons. The zero-order valence-electron chi connectivity index (χ0n) is 27.3. The van der Waals surface area contributed by atoms with Crippen molar-refractivity contribution in [2.75, 3.05) is 6.54 Å². The van der Waals surface area contributed by atoms with Crippen LogP contribution in [0.2, 0.25) is 0 Å². The van der Waals surface area contributed by atoms with Crippen LogP contribution in [-0.2, 0) is 33.9 Å². The highest BCUT2D eigenvalue weighted by Crippen LogP contribution is 2.46. The van der Waals surface area contributed by atoms with Gasteiger partial charge in [-0.05, 0) is 77.5 Å². The lowest BCUT2D eigenvalue weighted by atomic mass is 10.0. The monoisotopic (exact) mass is 690 g/mol. The largest absolute Gasteiger partial charge is 0.457 e. The number of sulfonamides is 1. The molecule has 2 aliphatic carbocycles. The van der Waals surface area contributed by atoms with E-state index in [0.717, 1.165) is 12.5 Å². The second-order valence-corrected chi connectivity index (χ2v) is 16.0. The molecule has 0 radical (unpaired) electrons. The molecule has 0 aromatic heterocycles. The first kappa shape index (κ1) is 35.3. The van der Waals surface area contributed by atoms with Crippen molar-refractivity contribution in [1.29, 1.82) is 0 Å². The van der Waals surface area contributed by atoms with Crippen LogP contribution in [0.25, 0.3) is 0 Å². The van der Waals surface area contributed by atoms with Crippen molar-refractivity contribution in [2.45, 2.75) is 113 Å². The van der Waals surface area contributed by atoms with Crippen LogP contribution in [-0.4, -0.2) is 84.2 Å². The van der Waals surface area contributed by atoms with Gasteiger partial charge in [0.15, 0.2) is 0 Å². The predicted molar refractivity (Wildman–Crippen MR) is 170 cm³/mol. The van der Waals surface area contributed by atoms with Gasteiger partial charge in [0, 0.05) is 12.3 Å². The molecule has 1 aromatic carbocycles. The summed E-state index contributed by atoms with van der Waals surface area (Å²) in [5, 5.41) is 4.73. The van der Waals surface area contributed by atoms with Crippen molar-refractivity contribution in [3.8, 4) is 0 Å². The molecular weight excluding hydrogens is 647 g/mol. The summed E-state index contributed by atoms with van der Waals surface area (Å²) < 4.78 is 52.3. The third-order valence-electron chi connectivity index (χ3n) is 8.87. The Morgan fingerprint density at radius 1 is 1.08 bits per heavy atom. The molecule has 4 amide bonds. The van der Waals surface area contributed by atoms with Gasteiger partial charge in [0.25, 0.3) is 5.91 Å². The maximum Gasteiger partial charge on any atom is 0.408 e. The van der Waals surface area contributed by atoms with E-state index < -0.39 is 86.1 Å². The lowest BCUT2D eigenvalue weighted by Gasteiger charge is -2.30. The van der Waals surface area contributed by atoms with Crippen molar-refractivity contribution in [3.63, 3.8) is 0 Å². The lowest BCUT2D eigenvalue weighted by molar-refractivity contribution is -0.141. The van der Waals surface area contributed by atoms with Crippen LogP contribution in [0.4, 0.5) is 9.18 Å². The van der Waals surface area contributed by atoms with Gasteiger partial charge in [0.2, 0.25) is 21.8 Å². The summed E-state index contributed by atoms with van der Waals surface area (Å²) in [6.07, 6.45) is 5.72. The van der Waals surface area contributed by atoms with Gasteiger partial charge in [0.1, 0.15) is 35.1 Å². The molecular formula is C33H43FN4O9S. The van der Waals surface area contributed by atoms with E-state index in [1.54, 1.807) is 26.8 Å². The number of halogens is 1. The van der Waals surface area contributed by atoms with Crippen molar-refractivity contribution >= 4 is 39.8 Å². The van der Waals surface area contributed by atoms with Crippen LogP contribution in [0.15, 0.2) is 36.4 Å². The van der Waals surface area contributed by atoms with Gasteiger partial charge < -0.3 is 25.0 Å². The molecule has 0 spiro atoms. The molecule has 2 aliphatic heterocycles. The number of alkyl carbamates (subject to hydrolysis) is 1. The molecule has 5 rings (SSSR count). The number of amides is 4. The minimum Gasteiger partial charge on any atom is -0.457 e. The Morgan fingerprint density at radius 3 is 2.52 bits per heavy atom. The van der Waals surface area contributed by atoms with Crippen LogP contribution < -0.4 is 15.4 Å². The van der Waals surface area contributed by atoms with Crippen LogP contribution >= 0.6 is 0 Å².